The summed E-state index contributed by atoms with van der Waals surface area (Å²) in [7, 11) is 1.25. The maximum absolute atomic E-state index is 11.3. The molecule has 1 unspecified atom stereocenters. The van der Waals surface area contributed by atoms with E-state index in [4.69, 9.17) is 0 Å². The fourth-order valence-corrected chi connectivity index (χ4v) is 2.03. The van der Waals surface area contributed by atoms with Crippen LogP contribution in [0.1, 0.15) is 25.8 Å². The van der Waals surface area contributed by atoms with Gasteiger partial charge in [0, 0.05) is 18.1 Å². The van der Waals surface area contributed by atoms with Crippen molar-refractivity contribution in [3.8, 4) is 0 Å². The molecule has 1 heterocycles. The number of methoxy groups -OCH3 is 1. The molecule has 0 saturated carbocycles. The largest absolute Gasteiger partial charge is 0.467 e. The zero-order valence-corrected chi connectivity index (χ0v) is 11.3. The van der Waals surface area contributed by atoms with Gasteiger partial charge in [-0.1, -0.05) is 0 Å². The third-order valence-corrected chi connectivity index (χ3v) is 3.56. The fraction of sp³-hybridized carbons (Fsp3) is 0.636. The molecule has 0 aliphatic carbocycles. The SMILES string of the molecule is COC(=O)C(C)(O)CNC(C)(C)c1nccs1. The first-order valence-electron chi connectivity index (χ1n) is 5.25. The number of hydrogen-bond acceptors (Lipinski definition) is 6. The van der Waals surface area contributed by atoms with E-state index in [-0.39, 0.29) is 6.54 Å². The Kier molecular flexibility index (Phi) is 4.24. The maximum Gasteiger partial charge on any atom is 0.338 e. The van der Waals surface area contributed by atoms with Crippen LogP contribution in [0, 0.1) is 0 Å². The minimum Gasteiger partial charge on any atom is -0.467 e. The lowest BCUT2D eigenvalue weighted by molar-refractivity contribution is -0.160. The van der Waals surface area contributed by atoms with Crippen molar-refractivity contribution in [2.75, 3.05) is 13.7 Å². The summed E-state index contributed by atoms with van der Waals surface area (Å²) in [6.45, 7) is 5.41. The molecule has 0 amide bonds. The first kappa shape index (κ1) is 14.1. The van der Waals surface area contributed by atoms with Gasteiger partial charge in [0.05, 0.1) is 12.6 Å². The molecule has 0 saturated heterocycles. The van der Waals surface area contributed by atoms with Crippen molar-refractivity contribution in [3.63, 3.8) is 0 Å². The van der Waals surface area contributed by atoms with Crippen LogP contribution in [0.25, 0.3) is 0 Å². The molecule has 1 aromatic heterocycles. The van der Waals surface area contributed by atoms with Crippen LogP contribution in [-0.4, -0.2) is 35.3 Å². The molecular weight excluding hydrogens is 240 g/mol. The standard InChI is InChI=1S/C11H18N2O3S/c1-10(2,8-12-5-6-17-8)13-7-11(3,15)9(14)16-4/h5-6,13,15H,7H2,1-4H3. The molecule has 0 fully saturated rings. The second-order valence-electron chi connectivity index (χ2n) is 4.58. The van der Waals surface area contributed by atoms with E-state index in [1.54, 1.807) is 6.20 Å². The van der Waals surface area contributed by atoms with Crippen LogP contribution in [0.2, 0.25) is 0 Å². The molecule has 2 N–H and O–H groups in total. The quantitative estimate of drug-likeness (QED) is 0.768. The lowest BCUT2D eigenvalue weighted by atomic mass is 10.0. The van der Waals surface area contributed by atoms with Gasteiger partial charge < -0.3 is 15.2 Å². The Bertz CT molecular complexity index is 374. The second-order valence-corrected chi connectivity index (χ2v) is 5.48. The Morgan fingerprint density at radius 1 is 1.59 bits per heavy atom. The number of nitrogens with zero attached hydrogens (tertiary/aromatic N) is 1. The molecule has 0 radical (unpaired) electrons. The number of esters is 1. The zero-order valence-electron chi connectivity index (χ0n) is 10.5. The van der Waals surface area contributed by atoms with Crippen LogP contribution in [-0.2, 0) is 15.1 Å². The number of nitrogens with one attached hydrogen (secondary N) is 1. The molecule has 0 spiro atoms. The average molecular weight is 258 g/mol. The average Bonchev–Trinajstić information content (AvgIpc) is 2.79. The highest BCUT2D eigenvalue weighted by molar-refractivity contribution is 7.09. The summed E-state index contributed by atoms with van der Waals surface area (Å²) in [6, 6.07) is 0. The topological polar surface area (TPSA) is 71.5 Å². The van der Waals surface area contributed by atoms with Gasteiger partial charge in [0.15, 0.2) is 5.60 Å². The third-order valence-electron chi connectivity index (χ3n) is 2.47. The number of aromatic nitrogens is 1. The molecule has 0 aromatic carbocycles. The first-order valence-corrected chi connectivity index (χ1v) is 6.13. The van der Waals surface area contributed by atoms with Crippen LogP contribution in [0.15, 0.2) is 11.6 Å². The van der Waals surface area contributed by atoms with E-state index in [0.717, 1.165) is 5.01 Å². The summed E-state index contributed by atoms with van der Waals surface area (Å²) in [5.74, 6) is -0.653. The van der Waals surface area contributed by atoms with E-state index in [0.29, 0.717) is 0 Å². The Labute approximate surface area is 105 Å². The Morgan fingerprint density at radius 2 is 2.24 bits per heavy atom. The number of hydrogen-bond donors (Lipinski definition) is 2. The van der Waals surface area contributed by atoms with Crippen molar-refractivity contribution in [2.24, 2.45) is 0 Å². The highest BCUT2D eigenvalue weighted by Crippen LogP contribution is 2.22. The molecule has 5 nitrogen and oxygen atoms in total. The van der Waals surface area contributed by atoms with Gasteiger partial charge in [-0.2, -0.15) is 0 Å². The number of aliphatic hydroxyl groups is 1. The van der Waals surface area contributed by atoms with Gasteiger partial charge in [-0.05, 0) is 20.8 Å². The van der Waals surface area contributed by atoms with Crippen LogP contribution < -0.4 is 5.32 Å². The monoisotopic (exact) mass is 258 g/mol. The number of thiazole rings is 1. The zero-order chi connectivity index (χ0) is 13.1. The van der Waals surface area contributed by atoms with Crippen LogP contribution in [0.4, 0.5) is 0 Å². The molecule has 0 aliphatic heterocycles. The highest BCUT2D eigenvalue weighted by atomic mass is 32.1. The molecule has 1 rings (SSSR count). The first-order chi connectivity index (χ1) is 7.79. The van der Waals surface area contributed by atoms with Gasteiger partial charge in [0.1, 0.15) is 5.01 Å². The van der Waals surface area contributed by atoms with Crippen molar-refractivity contribution < 1.29 is 14.6 Å². The van der Waals surface area contributed by atoms with Crippen molar-refractivity contribution in [1.82, 2.24) is 10.3 Å². The molecule has 96 valence electrons. The maximum atomic E-state index is 11.3. The summed E-state index contributed by atoms with van der Waals surface area (Å²) in [6.07, 6.45) is 1.72. The molecule has 6 heteroatoms. The van der Waals surface area contributed by atoms with Crippen LogP contribution in [0.5, 0.6) is 0 Å². The van der Waals surface area contributed by atoms with Crippen LogP contribution in [0.3, 0.4) is 0 Å². The number of rotatable bonds is 5. The van der Waals surface area contributed by atoms with Gasteiger partial charge in [-0.3, -0.25) is 0 Å². The minimum absolute atomic E-state index is 0.103. The van der Waals surface area contributed by atoms with Crippen molar-refractivity contribution in [2.45, 2.75) is 31.9 Å². The summed E-state index contributed by atoms with van der Waals surface area (Å²) < 4.78 is 4.53. The van der Waals surface area contributed by atoms with Crippen LogP contribution >= 0.6 is 11.3 Å². The van der Waals surface area contributed by atoms with E-state index in [9.17, 15) is 9.90 Å². The predicted molar refractivity (Wildman–Crippen MR) is 65.8 cm³/mol. The van der Waals surface area contributed by atoms with Gasteiger partial charge >= 0.3 is 5.97 Å². The molecule has 1 aromatic rings. The van der Waals surface area contributed by atoms with E-state index in [1.165, 1.54) is 25.4 Å². The number of carbonyl (C=O) groups excluding carboxylic acids is 1. The second kappa shape index (κ2) is 5.12. The van der Waals surface area contributed by atoms with E-state index >= 15 is 0 Å². The van der Waals surface area contributed by atoms with E-state index in [2.05, 4.69) is 15.0 Å². The van der Waals surface area contributed by atoms with Crippen molar-refractivity contribution in [3.05, 3.63) is 16.6 Å². The van der Waals surface area contributed by atoms with Crippen molar-refractivity contribution in [1.29, 1.82) is 0 Å². The third kappa shape index (κ3) is 3.49. The number of carbonyl (C=O) groups is 1. The smallest absolute Gasteiger partial charge is 0.338 e. The van der Waals surface area contributed by atoms with Gasteiger partial charge in [0.2, 0.25) is 0 Å². The summed E-state index contributed by atoms with van der Waals surface area (Å²) in [5, 5.41) is 15.8. The molecular formula is C11H18N2O3S. The molecule has 0 bridgehead atoms. The van der Waals surface area contributed by atoms with Gasteiger partial charge in [-0.25, -0.2) is 9.78 Å². The summed E-state index contributed by atoms with van der Waals surface area (Å²) >= 11 is 1.52. The Hall–Kier alpha value is -0.980. The summed E-state index contributed by atoms with van der Waals surface area (Å²) in [4.78, 5) is 15.5. The van der Waals surface area contributed by atoms with E-state index in [1.807, 2.05) is 19.2 Å². The van der Waals surface area contributed by atoms with Crippen molar-refractivity contribution >= 4 is 17.3 Å². The van der Waals surface area contributed by atoms with Gasteiger partial charge in [0.25, 0.3) is 0 Å². The molecule has 17 heavy (non-hydrogen) atoms. The Morgan fingerprint density at radius 3 is 2.71 bits per heavy atom. The predicted octanol–water partition coefficient (Wildman–Crippen LogP) is 0.892. The molecule has 1 atom stereocenters. The fourth-order valence-electron chi connectivity index (χ4n) is 1.29. The van der Waals surface area contributed by atoms with E-state index < -0.39 is 17.1 Å². The molecule has 0 aliphatic rings. The Balaban J connectivity index is 2.64. The lowest BCUT2D eigenvalue weighted by Gasteiger charge is -2.29. The minimum atomic E-state index is -1.54. The summed E-state index contributed by atoms with van der Waals surface area (Å²) in [5.41, 5.74) is -1.94. The lowest BCUT2D eigenvalue weighted by Crippen LogP contribution is -2.50. The highest BCUT2D eigenvalue weighted by Gasteiger charge is 2.34. The number of ether oxygens (including phenoxy) is 1. The van der Waals surface area contributed by atoms with Gasteiger partial charge in [-0.15, -0.1) is 11.3 Å². The normalized spacial score (nSPS) is 15.4.